The van der Waals surface area contributed by atoms with Crippen LogP contribution in [0.2, 0.25) is 0 Å². The smallest absolute Gasteiger partial charge is 0.396 e. The number of sulfone groups is 1. The van der Waals surface area contributed by atoms with Crippen LogP contribution in [0.25, 0.3) is 0 Å². The fraction of sp³-hybridized carbons (Fsp3) is 1.00. The Morgan fingerprint density at radius 1 is 1.39 bits per heavy atom. The molecule has 4 nitrogen and oxygen atoms in total. The first-order valence-electron chi connectivity index (χ1n) is 5.69. The summed E-state index contributed by atoms with van der Waals surface area (Å²) in [7, 11) is -3.04. The molecular formula is C10H17F3O4S. The molecule has 1 heterocycles. The van der Waals surface area contributed by atoms with E-state index in [2.05, 4.69) is 4.74 Å². The van der Waals surface area contributed by atoms with Gasteiger partial charge in [0.05, 0.1) is 11.5 Å². The van der Waals surface area contributed by atoms with E-state index in [1.165, 1.54) is 0 Å². The van der Waals surface area contributed by atoms with Gasteiger partial charge in [-0.25, -0.2) is 8.42 Å². The normalized spacial score (nSPS) is 25.2. The highest BCUT2D eigenvalue weighted by Gasteiger charge is 2.33. The molecule has 1 aliphatic heterocycles. The highest BCUT2D eigenvalue weighted by molar-refractivity contribution is 7.91. The maximum absolute atomic E-state index is 11.8. The quantitative estimate of drug-likeness (QED) is 0.741. The molecule has 8 heteroatoms. The van der Waals surface area contributed by atoms with Gasteiger partial charge in [0.25, 0.3) is 0 Å². The van der Waals surface area contributed by atoms with Crippen LogP contribution in [0.5, 0.6) is 0 Å². The van der Waals surface area contributed by atoms with Gasteiger partial charge < -0.3 is 9.84 Å². The zero-order valence-electron chi connectivity index (χ0n) is 9.82. The molecule has 0 amide bonds. The van der Waals surface area contributed by atoms with Crippen LogP contribution in [0.1, 0.15) is 12.8 Å². The minimum Gasteiger partial charge on any atom is -0.396 e. The first-order valence-corrected chi connectivity index (χ1v) is 7.51. The first kappa shape index (κ1) is 15.7. The summed E-state index contributed by atoms with van der Waals surface area (Å²) in [6.45, 7) is -1.66. The molecule has 108 valence electrons. The summed E-state index contributed by atoms with van der Waals surface area (Å²) in [5.41, 5.74) is 0. The highest BCUT2D eigenvalue weighted by Crippen LogP contribution is 2.28. The molecule has 0 aliphatic carbocycles. The molecule has 2 atom stereocenters. The Morgan fingerprint density at radius 3 is 2.50 bits per heavy atom. The van der Waals surface area contributed by atoms with Crippen molar-refractivity contribution < 1.29 is 31.4 Å². The van der Waals surface area contributed by atoms with Crippen LogP contribution < -0.4 is 0 Å². The molecule has 0 saturated carbocycles. The molecule has 18 heavy (non-hydrogen) atoms. The predicted octanol–water partition coefficient (Wildman–Crippen LogP) is 0.999. The molecule has 0 spiro atoms. The molecule has 0 aromatic heterocycles. The van der Waals surface area contributed by atoms with E-state index >= 15 is 0 Å². The summed E-state index contributed by atoms with van der Waals surface area (Å²) in [4.78, 5) is 0. The Kier molecular flexibility index (Phi) is 5.42. The second-order valence-corrected chi connectivity index (χ2v) is 6.79. The summed E-state index contributed by atoms with van der Waals surface area (Å²) in [5, 5.41) is 9.14. The molecule has 2 unspecified atom stereocenters. The molecule has 0 radical (unpaired) electrons. The third-order valence-electron chi connectivity index (χ3n) is 3.07. The van der Waals surface area contributed by atoms with Gasteiger partial charge >= 0.3 is 6.18 Å². The molecule has 1 aliphatic rings. The van der Waals surface area contributed by atoms with E-state index in [1.54, 1.807) is 0 Å². The summed E-state index contributed by atoms with van der Waals surface area (Å²) in [5.74, 6) is -0.375. The fourth-order valence-corrected chi connectivity index (χ4v) is 4.01. The lowest BCUT2D eigenvalue weighted by Gasteiger charge is -2.20. The zero-order chi connectivity index (χ0) is 13.8. The second kappa shape index (κ2) is 6.21. The lowest BCUT2D eigenvalue weighted by atomic mass is 9.90. The van der Waals surface area contributed by atoms with Crippen molar-refractivity contribution in [2.45, 2.75) is 19.0 Å². The standard InChI is InChI=1S/C10H17F3O4S/c11-10(12,13)7-17-3-1-8(5-14)9-2-4-18(15,16)6-9/h8-9,14H,1-7H2. The molecule has 1 saturated heterocycles. The number of aliphatic hydroxyl groups excluding tert-OH is 1. The van der Waals surface area contributed by atoms with Gasteiger partial charge in [0.15, 0.2) is 9.84 Å². The molecular weight excluding hydrogens is 273 g/mol. The molecule has 0 bridgehead atoms. The molecule has 1 rings (SSSR count). The van der Waals surface area contributed by atoms with Crippen LogP contribution in [0, 0.1) is 11.8 Å². The Bertz CT molecular complexity index is 353. The SMILES string of the molecule is O=S1(=O)CCC(C(CO)CCOCC(F)(F)F)C1. The van der Waals surface area contributed by atoms with Crippen molar-refractivity contribution in [1.29, 1.82) is 0 Å². The van der Waals surface area contributed by atoms with Crippen LogP contribution in [-0.4, -0.2) is 51.0 Å². The lowest BCUT2D eigenvalue weighted by molar-refractivity contribution is -0.174. The number of alkyl halides is 3. The van der Waals surface area contributed by atoms with Crippen molar-refractivity contribution in [3.05, 3.63) is 0 Å². The Balaban J connectivity index is 2.31. The van der Waals surface area contributed by atoms with E-state index in [0.717, 1.165) is 0 Å². The summed E-state index contributed by atoms with van der Waals surface area (Å²) in [6.07, 6.45) is -3.65. The van der Waals surface area contributed by atoms with Crippen molar-refractivity contribution in [2.24, 2.45) is 11.8 Å². The number of aliphatic hydroxyl groups is 1. The Labute approximate surface area is 104 Å². The largest absolute Gasteiger partial charge is 0.411 e. The van der Waals surface area contributed by atoms with Gasteiger partial charge in [0, 0.05) is 13.2 Å². The van der Waals surface area contributed by atoms with Crippen LogP contribution in [-0.2, 0) is 14.6 Å². The first-order chi connectivity index (χ1) is 8.23. The average molecular weight is 290 g/mol. The van der Waals surface area contributed by atoms with Gasteiger partial charge in [-0.2, -0.15) is 13.2 Å². The van der Waals surface area contributed by atoms with Gasteiger partial charge in [-0.1, -0.05) is 0 Å². The number of ether oxygens (including phenoxy) is 1. The lowest BCUT2D eigenvalue weighted by Crippen LogP contribution is -2.23. The number of hydrogen-bond acceptors (Lipinski definition) is 4. The molecule has 1 fully saturated rings. The average Bonchev–Trinajstić information content (AvgIpc) is 2.57. The minimum absolute atomic E-state index is 0.0114. The van der Waals surface area contributed by atoms with Crippen molar-refractivity contribution in [1.82, 2.24) is 0 Å². The van der Waals surface area contributed by atoms with Crippen LogP contribution >= 0.6 is 0 Å². The molecule has 0 aromatic rings. The molecule has 0 aromatic carbocycles. The number of rotatable bonds is 6. The number of hydrogen-bond donors (Lipinski definition) is 1. The zero-order valence-corrected chi connectivity index (χ0v) is 10.6. The third kappa shape index (κ3) is 5.53. The van der Waals surface area contributed by atoms with E-state index in [4.69, 9.17) is 5.11 Å². The van der Waals surface area contributed by atoms with Crippen LogP contribution in [0.15, 0.2) is 0 Å². The van der Waals surface area contributed by atoms with Crippen LogP contribution in [0.4, 0.5) is 13.2 Å². The maximum Gasteiger partial charge on any atom is 0.411 e. The highest BCUT2D eigenvalue weighted by atomic mass is 32.2. The summed E-state index contributed by atoms with van der Waals surface area (Å²) < 4.78 is 62.4. The monoisotopic (exact) mass is 290 g/mol. The van der Waals surface area contributed by atoms with E-state index < -0.39 is 22.6 Å². The van der Waals surface area contributed by atoms with Crippen LogP contribution in [0.3, 0.4) is 0 Å². The Hall–Kier alpha value is -0.340. The van der Waals surface area contributed by atoms with Gasteiger partial charge in [-0.05, 0) is 24.7 Å². The minimum atomic E-state index is -4.36. The summed E-state index contributed by atoms with van der Waals surface area (Å²) >= 11 is 0. The fourth-order valence-electron chi connectivity index (χ4n) is 2.09. The maximum atomic E-state index is 11.8. The van der Waals surface area contributed by atoms with Crippen molar-refractivity contribution in [3.63, 3.8) is 0 Å². The van der Waals surface area contributed by atoms with Crippen molar-refractivity contribution in [2.75, 3.05) is 31.3 Å². The third-order valence-corrected chi connectivity index (χ3v) is 4.86. The Morgan fingerprint density at radius 2 is 2.06 bits per heavy atom. The van der Waals surface area contributed by atoms with Crippen molar-refractivity contribution in [3.8, 4) is 0 Å². The van der Waals surface area contributed by atoms with Crippen molar-refractivity contribution >= 4 is 9.84 Å². The van der Waals surface area contributed by atoms with E-state index in [9.17, 15) is 21.6 Å². The topological polar surface area (TPSA) is 63.6 Å². The van der Waals surface area contributed by atoms with E-state index in [-0.39, 0.29) is 43.0 Å². The van der Waals surface area contributed by atoms with Gasteiger partial charge in [0.2, 0.25) is 0 Å². The van der Waals surface area contributed by atoms with Gasteiger partial charge in [-0.15, -0.1) is 0 Å². The van der Waals surface area contributed by atoms with Gasteiger partial charge in [-0.3, -0.25) is 0 Å². The second-order valence-electron chi connectivity index (χ2n) is 4.56. The summed E-state index contributed by atoms with van der Waals surface area (Å²) in [6, 6.07) is 0. The van der Waals surface area contributed by atoms with E-state index in [1.807, 2.05) is 0 Å². The van der Waals surface area contributed by atoms with E-state index in [0.29, 0.717) is 6.42 Å². The number of halogens is 3. The predicted molar refractivity (Wildman–Crippen MR) is 58.8 cm³/mol. The molecule has 1 N–H and O–H groups in total. The van der Waals surface area contributed by atoms with Gasteiger partial charge in [0.1, 0.15) is 6.61 Å².